The van der Waals surface area contributed by atoms with E-state index in [2.05, 4.69) is 0 Å². The molecule has 0 saturated heterocycles. The smallest absolute Gasteiger partial charge is 0.258 e. The van der Waals surface area contributed by atoms with Crippen LogP contribution in [-0.4, -0.2) is 18.1 Å². The maximum absolute atomic E-state index is 12.1. The topological polar surface area (TPSA) is 81.8 Å². The minimum absolute atomic E-state index is 0.335. The summed E-state index contributed by atoms with van der Waals surface area (Å²) in [5, 5.41) is 11.0. The van der Waals surface area contributed by atoms with Gasteiger partial charge >= 0.3 is 0 Å². The molecule has 1 atom stereocenters. The Hall–Kier alpha value is -3.31. The van der Waals surface area contributed by atoms with Crippen LogP contribution in [0.15, 0.2) is 78.9 Å². The Labute approximate surface area is 151 Å². The summed E-state index contributed by atoms with van der Waals surface area (Å²) >= 11 is 0. The molecule has 0 bridgehead atoms. The molecule has 0 aromatic heterocycles. The fourth-order valence-corrected chi connectivity index (χ4v) is 2.70. The standard InChI is InChI=1S/C21H19NO4/c1-25-17-10-12-18(13-11-17)26-19-9-5-8-16(14-19)21(24,20(22)23)15-6-3-2-4-7-15/h2-14,24H,1H3,(H2,22,23). The van der Waals surface area contributed by atoms with Crippen molar-refractivity contribution in [1.82, 2.24) is 0 Å². The van der Waals surface area contributed by atoms with Gasteiger partial charge in [0.05, 0.1) is 7.11 Å². The number of rotatable bonds is 6. The molecule has 3 aromatic carbocycles. The molecule has 1 amide bonds. The first kappa shape index (κ1) is 17.5. The molecule has 5 nitrogen and oxygen atoms in total. The molecule has 0 fully saturated rings. The van der Waals surface area contributed by atoms with E-state index in [4.69, 9.17) is 15.2 Å². The number of methoxy groups -OCH3 is 1. The highest BCUT2D eigenvalue weighted by atomic mass is 16.5. The summed E-state index contributed by atoms with van der Waals surface area (Å²) in [6.07, 6.45) is 0. The highest BCUT2D eigenvalue weighted by Crippen LogP contribution is 2.33. The molecule has 3 aromatic rings. The lowest BCUT2D eigenvalue weighted by molar-refractivity contribution is -0.133. The van der Waals surface area contributed by atoms with Crippen LogP contribution >= 0.6 is 0 Å². The Kier molecular flexibility index (Phi) is 4.91. The summed E-state index contributed by atoms with van der Waals surface area (Å²) in [4.78, 5) is 12.1. The second kappa shape index (κ2) is 7.29. The first-order valence-corrected chi connectivity index (χ1v) is 8.04. The normalized spacial score (nSPS) is 12.8. The Morgan fingerprint density at radius 1 is 0.846 bits per heavy atom. The van der Waals surface area contributed by atoms with E-state index in [1.165, 1.54) is 0 Å². The molecule has 132 valence electrons. The maximum Gasteiger partial charge on any atom is 0.258 e. The van der Waals surface area contributed by atoms with Crippen molar-refractivity contribution < 1.29 is 19.4 Å². The van der Waals surface area contributed by atoms with Crippen molar-refractivity contribution in [1.29, 1.82) is 0 Å². The van der Waals surface area contributed by atoms with Gasteiger partial charge in [0.1, 0.15) is 17.2 Å². The summed E-state index contributed by atoms with van der Waals surface area (Å²) in [7, 11) is 1.59. The summed E-state index contributed by atoms with van der Waals surface area (Å²) < 4.78 is 10.9. The molecule has 3 rings (SSSR count). The van der Waals surface area contributed by atoms with E-state index >= 15 is 0 Å². The number of hydrogen-bond acceptors (Lipinski definition) is 4. The minimum Gasteiger partial charge on any atom is -0.497 e. The third-order valence-corrected chi connectivity index (χ3v) is 4.10. The number of benzene rings is 3. The number of carbonyl (C=O) groups excluding carboxylic acids is 1. The Balaban J connectivity index is 1.95. The average molecular weight is 349 g/mol. The molecular formula is C21H19NO4. The summed E-state index contributed by atoms with van der Waals surface area (Å²) in [5.41, 5.74) is 4.31. The molecule has 26 heavy (non-hydrogen) atoms. The van der Waals surface area contributed by atoms with E-state index in [0.29, 0.717) is 22.6 Å². The van der Waals surface area contributed by atoms with Gasteiger partial charge in [0.15, 0.2) is 5.60 Å². The van der Waals surface area contributed by atoms with Gasteiger partial charge in [0.25, 0.3) is 5.91 Å². The van der Waals surface area contributed by atoms with Gasteiger partial charge in [-0.25, -0.2) is 0 Å². The van der Waals surface area contributed by atoms with Crippen molar-refractivity contribution in [2.24, 2.45) is 5.73 Å². The van der Waals surface area contributed by atoms with Gasteiger partial charge in [0, 0.05) is 5.56 Å². The van der Waals surface area contributed by atoms with E-state index in [0.717, 1.165) is 5.75 Å². The second-order valence-electron chi connectivity index (χ2n) is 5.75. The van der Waals surface area contributed by atoms with Gasteiger partial charge in [-0.1, -0.05) is 42.5 Å². The van der Waals surface area contributed by atoms with Crippen LogP contribution in [0.25, 0.3) is 0 Å². The molecular weight excluding hydrogens is 330 g/mol. The lowest BCUT2D eigenvalue weighted by Crippen LogP contribution is -2.42. The summed E-state index contributed by atoms with van der Waals surface area (Å²) in [6, 6.07) is 22.4. The van der Waals surface area contributed by atoms with Crippen molar-refractivity contribution in [2.75, 3.05) is 7.11 Å². The molecule has 0 spiro atoms. The van der Waals surface area contributed by atoms with Crippen LogP contribution in [0.5, 0.6) is 17.2 Å². The van der Waals surface area contributed by atoms with Crippen molar-refractivity contribution in [3.05, 3.63) is 90.0 Å². The van der Waals surface area contributed by atoms with Gasteiger partial charge < -0.3 is 20.3 Å². The highest BCUT2D eigenvalue weighted by Gasteiger charge is 2.38. The zero-order chi connectivity index (χ0) is 18.6. The van der Waals surface area contributed by atoms with E-state index in [1.807, 2.05) is 0 Å². The van der Waals surface area contributed by atoms with Gasteiger partial charge in [0.2, 0.25) is 0 Å². The van der Waals surface area contributed by atoms with Crippen LogP contribution in [0, 0.1) is 0 Å². The fraction of sp³-hybridized carbons (Fsp3) is 0.0952. The number of aliphatic hydroxyl groups is 1. The molecule has 0 heterocycles. The largest absolute Gasteiger partial charge is 0.497 e. The Morgan fingerprint density at radius 3 is 2.08 bits per heavy atom. The van der Waals surface area contributed by atoms with Gasteiger partial charge in [-0.2, -0.15) is 0 Å². The predicted octanol–water partition coefficient (Wildman–Crippen LogP) is 3.21. The number of amides is 1. The van der Waals surface area contributed by atoms with E-state index in [-0.39, 0.29) is 0 Å². The zero-order valence-corrected chi connectivity index (χ0v) is 14.3. The Morgan fingerprint density at radius 2 is 1.46 bits per heavy atom. The van der Waals surface area contributed by atoms with Gasteiger partial charge in [-0.3, -0.25) is 4.79 Å². The first-order valence-electron chi connectivity index (χ1n) is 8.04. The fourth-order valence-electron chi connectivity index (χ4n) is 2.70. The predicted molar refractivity (Wildman–Crippen MR) is 98.1 cm³/mol. The van der Waals surface area contributed by atoms with Crippen LogP contribution in [0.1, 0.15) is 11.1 Å². The quantitative estimate of drug-likeness (QED) is 0.716. The van der Waals surface area contributed by atoms with Crippen LogP contribution in [0.2, 0.25) is 0 Å². The number of hydrogen-bond donors (Lipinski definition) is 2. The first-order chi connectivity index (χ1) is 12.5. The Bertz CT molecular complexity index is 893. The van der Waals surface area contributed by atoms with E-state index in [1.54, 1.807) is 86.0 Å². The maximum atomic E-state index is 12.1. The van der Waals surface area contributed by atoms with Crippen molar-refractivity contribution in [3.63, 3.8) is 0 Å². The molecule has 3 N–H and O–H groups in total. The van der Waals surface area contributed by atoms with Crippen LogP contribution in [0.4, 0.5) is 0 Å². The minimum atomic E-state index is -1.94. The van der Waals surface area contributed by atoms with Crippen LogP contribution in [0.3, 0.4) is 0 Å². The molecule has 0 aliphatic carbocycles. The van der Waals surface area contributed by atoms with Crippen LogP contribution in [-0.2, 0) is 10.4 Å². The molecule has 0 radical (unpaired) electrons. The van der Waals surface area contributed by atoms with Gasteiger partial charge in [-0.05, 0) is 42.0 Å². The molecule has 0 saturated carbocycles. The average Bonchev–Trinajstić information content (AvgIpc) is 2.68. The van der Waals surface area contributed by atoms with E-state index in [9.17, 15) is 9.90 Å². The summed E-state index contributed by atoms with van der Waals surface area (Å²) in [5.74, 6) is 0.942. The number of primary amides is 1. The molecule has 1 unspecified atom stereocenters. The lowest BCUT2D eigenvalue weighted by atomic mass is 9.85. The number of carbonyl (C=O) groups is 1. The monoisotopic (exact) mass is 349 g/mol. The zero-order valence-electron chi connectivity index (χ0n) is 14.3. The summed E-state index contributed by atoms with van der Waals surface area (Å²) in [6.45, 7) is 0. The highest BCUT2D eigenvalue weighted by molar-refractivity contribution is 5.88. The number of ether oxygens (including phenoxy) is 2. The third-order valence-electron chi connectivity index (χ3n) is 4.10. The van der Waals surface area contributed by atoms with Crippen LogP contribution < -0.4 is 15.2 Å². The van der Waals surface area contributed by atoms with Crippen molar-refractivity contribution >= 4 is 5.91 Å². The van der Waals surface area contributed by atoms with Crippen molar-refractivity contribution in [2.45, 2.75) is 5.60 Å². The number of nitrogens with two attached hydrogens (primary N) is 1. The second-order valence-corrected chi connectivity index (χ2v) is 5.75. The van der Waals surface area contributed by atoms with Crippen molar-refractivity contribution in [3.8, 4) is 17.2 Å². The van der Waals surface area contributed by atoms with E-state index < -0.39 is 11.5 Å². The third kappa shape index (κ3) is 3.38. The van der Waals surface area contributed by atoms with Gasteiger partial charge in [-0.15, -0.1) is 0 Å². The molecule has 5 heteroatoms. The molecule has 0 aliphatic rings. The SMILES string of the molecule is COc1ccc(Oc2cccc(C(O)(C(N)=O)c3ccccc3)c2)cc1. The lowest BCUT2D eigenvalue weighted by Gasteiger charge is -2.26. The molecule has 0 aliphatic heterocycles.